The van der Waals surface area contributed by atoms with Crippen molar-refractivity contribution < 1.29 is 22.1 Å². The lowest BCUT2D eigenvalue weighted by Gasteiger charge is -2.22. The van der Waals surface area contributed by atoms with Crippen LogP contribution < -0.4 is 10.9 Å². The molecule has 1 atom stereocenters. The number of benzene rings is 1. The first-order valence-corrected chi connectivity index (χ1v) is 13.7. The van der Waals surface area contributed by atoms with Gasteiger partial charge in [-0.1, -0.05) is 29.8 Å². The van der Waals surface area contributed by atoms with Gasteiger partial charge in [-0.25, -0.2) is 24.3 Å². The number of alkyl halides is 3. The molecular weight excluding hydrogens is 517 g/mol. The van der Waals surface area contributed by atoms with E-state index in [1.165, 1.54) is 50.0 Å². The van der Waals surface area contributed by atoms with E-state index >= 15 is 4.39 Å². The molecule has 36 heavy (non-hydrogen) atoms. The first-order chi connectivity index (χ1) is 16.8. The second-order valence-electron chi connectivity index (χ2n) is 8.65. The third-order valence-corrected chi connectivity index (χ3v) is 7.16. The van der Waals surface area contributed by atoms with Gasteiger partial charge < -0.3 is 9.88 Å². The number of anilines is 1. The molecule has 3 aromatic heterocycles. The number of rotatable bonds is 5. The summed E-state index contributed by atoms with van der Waals surface area (Å²) in [6.07, 6.45) is -1.91. The van der Waals surface area contributed by atoms with Crippen LogP contribution >= 0.6 is 18.7 Å². The van der Waals surface area contributed by atoms with E-state index in [4.69, 9.17) is 11.6 Å². The van der Waals surface area contributed by atoms with E-state index in [1.54, 1.807) is 13.8 Å². The molecule has 4 aromatic rings. The quantitative estimate of drug-likeness (QED) is 0.227. The third kappa shape index (κ3) is 5.06. The Bertz CT molecular complexity index is 1510. The van der Waals surface area contributed by atoms with Crippen molar-refractivity contribution in [1.29, 1.82) is 0 Å². The third-order valence-electron chi connectivity index (χ3n) is 5.50. The van der Waals surface area contributed by atoms with E-state index in [-0.39, 0.29) is 44.1 Å². The van der Waals surface area contributed by atoms with Crippen LogP contribution in [0.4, 0.5) is 23.2 Å². The number of nitrogens with one attached hydrogen (secondary N) is 1. The summed E-state index contributed by atoms with van der Waals surface area (Å²) in [6.45, 7) is 6.20. The van der Waals surface area contributed by atoms with Gasteiger partial charge in [0.25, 0.3) is 0 Å². The van der Waals surface area contributed by atoms with Crippen LogP contribution in [0.1, 0.15) is 29.8 Å². The Kier molecular flexibility index (Phi) is 6.79. The van der Waals surface area contributed by atoms with Gasteiger partial charge in [0, 0.05) is 30.1 Å². The Morgan fingerprint density at radius 3 is 2.33 bits per heavy atom. The molecule has 0 aliphatic carbocycles. The molecule has 0 unspecified atom stereocenters. The van der Waals surface area contributed by atoms with Crippen LogP contribution in [0.2, 0.25) is 5.02 Å². The van der Waals surface area contributed by atoms with E-state index < -0.39 is 30.7 Å². The highest BCUT2D eigenvalue weighted by Gasteiger charge is 2.34. The van der Waals surface area contributed by atoms with Crippen LogP contribution in [0.25, 0.3) is 22.3 Å². The standard InChI is InChI=1S/C24H21ClF4N5OP/c1-12(15-7-5-6-8-16(15)24(27,28)29)33-22-19(25)13(2)32-18-9-17(26)20(34-21(18)22)14-10-30-23(31-11-14)36(3,4)35/h5-12H,1-4H3,(H,32,33)/t12-/m1/s1. The van der Waals surface area contributed by atoms with Crippen molar-refractivity contribution in [2.45, 2.75) is 26.1 Å². The molecule has 0 saturated carbocycles. The maximum atomic E-state index is 15.0. The summed E-state index contributed by atoms with van der Waals surface area (Å²) in [7, 11) is -2.72. The van der Waals surface area contributed by atoms with Gasteiger partial charge in [0.05, 0.1) is 27.5 Å². The monoisotopic (exact) mass is 537 g/mol. The van der Waals surface area contributed by atoms with Crippen molar-refractivity contribution >= 4 is 41.0 Å². The molecule has 12 heteroatoms. The molecule has 0 aliphatic rings. The lowest BCUT2D eigenvalue weighted by molar-refractivity contribution is -0.138. The number of nitrogens with zero attached hydrogens (tertiary/aromatic N) is 4. The summed E-state index contributed by atoms with van der Waals surface area (Å²) in [5, 5.41) is 3.17. The zero-order valence-corrected chi connectivity index (χ0v) is 21.3. The molecular formula is C24H21ClF4N5OP. The molecule has 1 N–H and O–H groups in total. The largest absolute Gasteiger partial charge is 0.416 e. The average Bonchev–Trinajstić information content (AvgIpc) is 2.80. The van der Waals surface area contributed by atoms with E-state index in [0.29, 0.717) is 5.69 Å². The number of hydrogen-bond acceptors (Lipinski definition) is 6. The molecule has 3 heterocycles. The Morgan fingerprint density at radius 1 is 1.08 bits per heavy atom. The highest BCUT2D eigenvalue weighted by atomic mass is 35.5. The fourth-order valence-corrected chi connectivity index (χ4v) is 4.60. The van der Waals surface area contributed by atoms with E-state index in [2.05, 4.69) is 25.3 Å². The highest BCUT2D eigenvalue weighted by molar-refractivity contribution is 7.69. The molecule has 0 amide bonds. The average molecular weight is 538 g/mol. The Hall–Kier alpha value is -3.10. The fraction of sp³-hybridized carbons (Fsp3) is 0.250. The van der Waals surface area contributed by atoms with Crippen LogP contribution in [0.15, 0.2) is 42.7 Å². The van der Waals surface area contributed by atoms with Gasteiger partial charge in [0.2, 0.25) is 0 Å². The lowest BCUT2D eigenvalue weighted by Crippen LogP contribution is -2.16. The Balaban J connectivity index is 1.84. The number of halogens is 5. The topological polar surface area (TPSA) is 80.7 Å². The minimum atomic E-state index is -4.55. The van der Waals surface area contributed by atoms with Crippen molar-refractivity contribution in [3.8, 4) is 11.3 Å². The van der Waals surface area contributed by atoms with Crippen molar-refractivity contribution in [3.63, 3.8) is 0 Å². The van der Waals surface area contributed by atoms with Gasteiger partial charge in [0.15, 0.2) is 11.4 Å². The number of aromatic nitrogens is 4. The van der Waals surface area contributed by atoms with E-state index in [9.17, 15) is 17.7 Å². The number of hydrogen-bond donors (Lipinski definition) is 1. The summed E-state index contributed by atoms with van der Waals surface area (Å²) in [4.78, 5) is 16.8. The lowest BCUT2D eigenvalue weighted by atomic mass is 10.0. The molecule has 0 saturated heterocycles. The zero-order chi connectivity index (χ0) is 26.4. The first kappa shape index (κ1) is 26.0. The van der Waals surface area contributed by atoms with Crippen LogP contribution in [0.3, 0.4) is 0 Å². The van der Waals surface area contributed by atoms with E-state index in [0.717, 1.165) is 6.07 Å². The maximum absolute atomic E-state index is 15.0. The molecule has 0 aliphatic heterocycles. The predicted molar refractivity (Wildman–Crippen MR) is 133 cm³/mol. The highest BCUT2D eigenvalue weighted by Crippen LogP contribution is 2.39. The second-order valence-corrected chi connectivity index (χ2v) is 12.1. The Morgan fingerprint density at radius 2 is 1.72 bits per heavy atom. The summed E-state index contributed by atoms with van der Waals surface area (Å²) >= 11 is 6.51. The van der Waals surface area contributed by atoms with Gasteiger partial charge in [-0.2, -0.15) is 13.2 Å². The SMILES string of the molecule is Cc1nc2cc(F)c(-c3cnc(P(C)(C)=O)nc3)nc2c(N[C@H](C)c2ccccc2C(F)(F)F)c1Cl. The normalized spacial score (nSPS) is 13.1. The van der Waals surface area contributed by atoms with Crippen molar-refractivity contribution in [2.75, 3.05) is 18.6 Å². The molecule has 0 fully saturated rings. The first-order valence-electron chi connectivity index (χ1n) is 10.7. The number of pyridine rings is 2. The van der Waals surface area contributed by atoms with Crippen molar-refractivity contribution in [1.82, 2.24) is 19.9 Å². The van der Waals surface area contributed by atoms with Gasteiger partial charge >= 0.3 is 6.18 Å². The van der Waals surface area contributed by atoms with Crippen LogP contribution in [0, 0.1) is 12.7 Å². The number of fused-ring (bicyclic) bond motifs is 1. The summed E-state index contributed by atoms with van der Waals surface area (Å²) in [5.74, 6) is -0.703. The summed E-state index contributed by atoms with van der Waals surface area (Å²) in [5.41, 5.74) is 0.400. The van der Waals surface area contributed by atoms with Gasteiger partial charge in [-0.15, -0.1) is 0 Å². The second kappa shape index (κ2) is 9.41. The fourth-order valence-electron chi connectivity index (χ4n) is 3.75. The maximum Gasteiger partial charge on any atom is 0.416 e. The molecule has 188 valence electrons. The van der Waals surface area contributed by atoms with Crippen LogP contribution in [-0.2, 0) is 10.7 Å². The van der Waals surface area contributed by atoms with Crippen molar-refractivity contribution in [2.24, 2.45) is 0 Å². The minimum absolute atomic E-state index is 0.0126. The van der Waals surface area contributed by atoms with Crippen LogP contribution in [-0.4, -0.2) is 33.3 Å². The summed E-state index contributed by atoms with van der Waals surface area (Å²) < 4.78 is 68.0. The van der Waals surface area contributed by atoms with Gasteiger partial charge in [-0.05, 0) is 38.8 Å². The van der Waals surface area contributed by atoms with E-state index in [1.807, 2.05) is 0 Å². The van der Waals surface area contributed by atoms with Gasteiger partial charge in [-0.3, -0.25) is 0 Å². The molecule has 0 bridgehead atoms. The zero-order valence-electron chi connectivity index (χ0n) is 19.7. The Labute approximate surface area is 209 Å². The number of aryl methyl sites for hydroxylation is 1. The molecule has 0 spiro atoms. The summed E-state index contributed by atoms with van der Waals surface area (Å²) in [6, 6.07) is 5.55. The molecule has 6 nitrogen and oxygen atoms in total. The van der Waals surface area contributed by atoms with Crippen LogP contribution in [0.5, 0.6) is 0 Å². The molecule has 0 radical (unpaired) electrons. The van der Waals surface area contributed by atoms with Crippen molar-refractivity contribution in [3.05, 3.63) is 70.4 Å². The minimum Gasteiger partial charge on any atom is -0.375 e. The molecule has 4 rings (SSSR count). The smallest absolute Gasteiger partial charge is 0.375 e. The molecule has 1 aromatic carbocycles. The van der Waals surface area contributed by atoms with Gasteiger partial charge in [0.1, 0.15) is 18.4 Å². The predicted octanol–water partition coefficient (Wildman–Crippen LogP) is 6.63.